The van der Waals surface area contributed by atoms with Crippen LogP contribution < -0.4 is 10.6 Å². The summed E-state index contributed by atoms with van der Waals surface area (Å²) in [6.07, 6.45) is 1.61. The molecule has 0 aromatic heterocycles. The van der Waals surface area contributed by atoms with E-state index in [1.165, 1.54) is 4.90 Å². The van der Waals surface area contributed by atoms with E-state index in [0.717, 1.165) is 5.56 Å². The number of nitrogens with one attached hydrogen (secondary N) is 2. The van der Waals surface area contributed by atoms with Crippen molar-refractivity contribution in [2.75, 3.05) is 18.5 Å². The van der Waals surface area contributed by atoms with Crippen LogP contribution in [0.5, 0.6) is 0 Å². The van der Waals surface area contributed by atoms with Crippen molar-refractivity contribution in [2.45, 2.75) is 50.0 Å². The fourth-order valence-electron chi connectivity index (χ4n) is 6.40. The first-order valence-electron chi connectivity index (χ1n) is 12.3. The van der Waals surface area contributed by atoms with Crippen LogP contribution in [0.3, 0.4) is 0 Å². The quantitative estimate of drug-likeness (QED) is 0.505. The number of anilines is 1. The van der Waals surface area contributed by atoms with E-state index in [9.17, 15) is 19.5 Å². The molecule has 8 nitrogen and oxygen atoms in total. The number of β-amino-alcohol motifs (C(OH)–C–C–N with tert-alkyl or cyclic N) is 1. The van der Waals surface area contributed by atoms with Crippen LogP contribution in [0, 0.1) is 11.8 Å². The van der Waals surface area contributed by atoms with E-state index in [4.69, 9.17) is 16.3 Å². The summed E-state index contributed by atoms with van der Waals surface area (Å²) in [4.78, 5) is 42.4. The molecule has 2 aromatic rings. The molecular formula is C27H30ClN3O5. The average molecular weight is 512 g/mol. The standard InChI is InChI=1S/C27H30ClN3O5/c1-2-26-12-13-27(36-26)21(20(26)23(33)29-16-17-6-4-3-5-7-17)25(35)31(14-15-32)22(27)24(34)30-19-10-8-18(28)9-11-19/h3-11,20-22,32H,2,12-16H2,1H3,(H,29,33)(H,30,34)/t20-,21+,22?,26+,27?/m1/s1. The maximum absolute atomic E-state index is 13.8. The van der Waals surface area contributed by atoms with Gasteiger partial charge in [0.1, 0.15) is 11.6 Å². The van der Waals surface area contributed by atoms with Gasteiger partial charge in [-0.2, -0.15) is 0 Å². The second-order valence-corrected chi connectivity index (χ2v) is 10.2. The summed E-state index contributed by atoms with van der Waals surface area (Å²) in [6.45, 7) is 1.97. The van der Waals surface area contributed by atoms with Crippen LogP contribution in [0.1, 0.15) is 31.7 Å². The lowest BCUT2D eigenvalue weighted by Crippen LogP contribution is -2.53. The Labute approximate surface area is 215 Å². The Morgan fingerprint density at radius 3 is 2.50 bits per heavy atom. The number of hydrogen-bond donors (Lipinski definition) is 3. The van der Waals surface area contributed by atoms with Gasteiger partial charge in [-0.05, 0) is 49.1 Å². The van der Waals surface area contributed by atoms with Gasteiger partial charge >= 0.3 is 0 Å². The highest BCUT2D eigenvalue weighted by Crippen LogP contribution is 2.64. The predicted octanol–water partition coefficient (Wildman–Crippen LogP) is 2.74. The minimum absolute atomic E-state index is 0.0172. The Balaban J connectivity index is 1.46. The van der Waals surface area contributed by atoms with Crippen LogP contribution in [0.15, 0.2) is 54.6 Å². The van der Waals surface area contributed by atoms with Crippen molar-refractivity contribution in [3.8, 4) is 0 Å². The van der Waals surface area contributed by atoms with E-state index in [1.807, 2.05) is 37.3 Å². The zero-order chi connectivity index (χ0) is 25.5. The minimum Gasteiger partial charge on any atom is -0.395 e. The highest BCUT2D eigenvalue weighted by atomic mass is 35.5. The Morgan fingerprint density at radius 1 is 1.11 bits per heavy atom. The number of rotatable bonds is 8. The number of carbonyl (C=O) groups excluding carboxylic acids is 3. The summed E-state index contributed by atoms with van der Waals surface area (Å²) in [5.41, 5.74) is -0.454. The van der Waals surface area contributed by atoms with Gasteiger partial charge in [-0.15, -0.1) is 0 Å². The summed E-state index contributed by atoms with van der Waals surface area (Å²) < 4.78 is 6.66. The van der Waals surface area contributed by atoms with Gasteiger partial charge in [0.05, 0.1) is 24.0 Å². The number of benzene rings is 2. The van der Waals surface area contributed by atoms with E-state index in [0.29, 0.717) is 36.5 Å². The van der Waals surface area contributed by atoms with E-state index in [-0.39, 0.29) is 25.0 Å². The van der Waals surface area contributed by atoms with E-state index in [1.54, 1.807) is 24.3 Å². The van der Waals surface area contributed by atoms with Gasteiger partial charge in [0, 0.05) is 23.8 Å². The third kappa shape index (κ3) is 3.88. The zero-order valence-electron chi connectivity index (χ0n) is 20.1. The van der Waals surface area contributed by atoms with Crippen LogP contribution >= 0.6 is 11.6 Å². The Kier molecular flexibility index (Phi) is 6.53. The van der Waals surface area contributed by atoms with Crippen LogP contribution in [-0.4, -0.2) is 58.1 Å². The van der Waals surface area contributed by atoms with E-state index < -0.39 is 35.0 Å². The van der Waals surface area contributed by atoms with Crippen LogP contribution in [0.2, 0.25) is 5.02 Å². The fraction of sp³-hybridized carbons (Fsp3) is 0.444. The number of carbonyl (C=O) groups is 3. The molecule has 0 radical (unpaired) electrons. The average Bonchev–Trinajstić information content (AvgIpc) is 3.49. The number of nitrogens with zero attached hydrogens (tertiary/aromatic N) is 1. The highest BCUT2D eigenvalue weighted by Gasteiger charge is 2.78. The van der Waals surface area contributed by atoms with E-state index in [2.05, 4.69) is 10.6 Å². The second-order valence-electron chi connectivity index (χ2n) is 9.79. The molecule has 3 N–H and O–H groups in total. The topological polar surface area (TPSA) is 108 Å². The molecule has 3 saturated heterocycles. The van der Waals surface area contributed by atoms with Gasteiger partial charge < -0.3 is 25.4 Å². The number of halogens is 1. The SMILES string of the molecule is CC[C@@]12CCC3(O1)C(C(=O)Nc1ccc(Cl)cc1)N(CCO)C(=O)[C@@H]3[C@@H]2C(=O)NCc1ccccc1. The number of aliphatic hydroxyl groups is 1. The van der Waals surface area contributed by atoms with Crippen molar-refractivity contribution in [1.82, 2.24) is 10.2 Å². The molecule has 2 aromatic carbocycles. The summed E-state index contributed by atoms with van der Waals surface area (Å²) in [6, 6.07) is 15.3. The molecule has 3 aliphatic heterocycles. The van der Waals surface area contributed by atoms with Crippen molar-refractivity contribution >= 4 is 35.0 Å². The summed E-state index contributed by atoms with van der Waals surface area (Å²) in [5.74, 6) is -2.49. The predicted molar refractivity (Wildman–Crippen MR) is 134 cm³/mol. The number of aliphatic hydroxyl groups excluding tert-OH is 1. The van der Waals surface area contributed by atoms with Crippen LogP contribution in [-0.2, 0) is 25.7 Å². The Bertz CT molecular complexity index is 1160. The summed E-state index contributed by atoms with van der Waals surface area (Å²) >= 11 is 5.97. The number of ether oxygens (including phenoxy) is 1. The summed E-state index contributed by atoms with van der Waals surface area (Å²) in [7, 11) is 0. The third-order valence-corrected chi connectivity index (χ3v) is 8.23. The first-order valence-corrected chi connectivity index (χ1v) is 12.7. The molecule has 36 heavy (non-hydrogen) atoms. The highest BCUT2D eigenvalue weighted by molar-refractivity contribution is 6.30. The molecule has 2 bridgehead atoms. The molecule has 3 heterocycles. The molecule has 3 amide bonds. The Hall–Kier alpha value is -2.94. The molecule has 3 fully saturated rings. The number of hydrogen-bond acceptors (Lipinski definition) is 5. The van der Waals surface area contributed by atoms with Gasteiger partial charge in [-0.3, -0.25) is 14.4 Å². The first-order chi connectivity index (χ1) is 17.3. The molecule has 0 saturated carbocycles. The van der Waals surface area contributed by atoms with Crippen molar-refractivity contribution in [3.05, 3.63) is 65.2 Å². The zero-order valence-corrected chi connectivity index (χ0v) is 20.8. The van der Waals surface area contributed by atoms with Gasteiger partial charge in [-0.25, -0.2) is 0 Å². The van der Waals surface area contributed by atoms with Gasteiger partial charge in [0.25, 0.3) is 0 Å². The van der Waals surface area contributed by atoms with Crippen LogP contribution in [0.4, 0.5) is 5.69 Å². The monoisotopic (exact) mass is 511 g/mol. The fourth-order valence-corrected chi connectivity index (χ4v) is 6.53. The largest absolute Gasteiger partial charge is 0.395 e. The molecule has 0 aliphatic carbocycles. The molecule has 3 aliphatic rings. The van der Waals surface area contributed by atoms with Gasteiger partial charge in [-0.1, -0.05) is 48.9 Å². The summed E-state index contributed by atoms with van der Waals surface area (Å²) in [5, 5.41) is 16.1. The molecule has 5 atom stereocenters. The minimum atomic E-state index is -1.13. The molecule has 9 heteroatoms. The van der Waals surface area contributed by atoms with Gasteiger partial charge in [0.15, 0.2) is 0 Å². The lowest BCUT2D eigenvalue weighted by Gasteiger charge is -2.34. The Morgan fingerprint density at radius 2 is 1.83 bits per heavy atom. The van der Waals surface area contributed by atoms with Crippen molar-refractivity contribution < 1.29 is 24.2 Å². The second kappa shape index (κ2) is 9.50. The molecule has 190 valence electrons. The maximum Gasteiger partial charge on any atom is 0.250 e. The number of fused-ring (bicyclic) bond motifs is 1. The molecule has 2 unspecified atom stereocenters. The van der Waals surface area contributed by atoms with Gasteiger partial charge in [0.2, 0.25) is 17.7 Å². The lowest BCUT2D eigenvalue weighted by molar-refractivity contribution is -0.146. The number of amides is 3. The maximum atomic E-state index is 13.8. The first kappa shape index (κ1) is 24.7. The smallest absolute Gasteiger partial charge is 0.250 e. The third-order valence-electron chi connectivity index (χ3n) is 7.97. The molecular weight excluding hydrogens is 482 g/mol. The normalized spacial score (nSPS) is 30.4. The molecule has 1 spiro atoms. The molecule has 5 rings (SSSR count). The van der Waals surface area contributed by atoms with Crippen molar-refractivity contribution in [3.63, 3.8) is 0 Å². The lowest BCUT2D eigenvalue weighted by atomic mass is 9.65. The number of likely N-dealkylation sites (tertiary alicyclic amines) is 1. The van der Waals surface area contributed by atoms with E-state index >= 15 is 0 Å². The van der Waals surface area contributed by atoms with Crippen molar-refractivity contribution in [1.29, 1.82) is 0 Å². The van der Waals surface area contributed by atoms with Crippen molar-refractivity contribution in [2.24, 2.45) is 11.8 Å². The van der Waals surface area contributed by atoms with Crippen LogP contribution in [0.25, 0.3) is 0 Å².